The molecule has 0 bridgehead atoms. The summed E-state index contributed by atoms with van der Waals surface area (Å²) in [5.41, 5.74) is 0. The molecule has 1 heteroatoms. The SMILES string of the molecule is C/C=C/C(C=O)CC(CC)CCC. The van der Waals surface area contributed by atoms with Gasteiger partial charge in [-0.15, -0.1) is 0 Å². The van der Waals surface area contributed by atoms with E-state index in [2.05, 4.69) is 13.8 Å². The molecule has 2 atom stereocenters. The minimum Gasteiger partial charge on any atom is -0.303 e. The number of hydrogen-bond donors (Lipinski definition) is 0. The van der Waals surface area contributed by atoms with Gasteiger partial charge in [0.2, 0.25) is 0 Å². The molecule has 0 aliphatic heterocycles. The maximum absolute atomic E-state index is 10.7. The molecule has 0 saturated carbocycles. The molecule has 0 aliphatic carbocycles. The average Bonchev–Trinajstić information content (AvgIpc) is 2.16. The van der Waals surface area contributed by atoms with Crippen molar-refractivity contribution < 1.29 is 4.79 Å². The molecule has 0 aromatic rings. The molecule has 0 spiro atoms. The van der Waals surface area contributed by atoms with Crippen LogP contribution in [0.3, 0.4) is 0 Å². The van der Waals surface area contributed by atoms with Crippen molar-refractivity contribution in [1.29, 1.82) is 0 Å². The van der Waals surface area contributed by atoms with Crippen molar-refractivity contribution in [3.63, 3.8) is 0 Å². The fourth-order valence-corrected chi connectivity index (χ4v) is 1.71. The van der Waals surface area contributed by atoms with Gasteiger partial charge in [0, 0.05) is 5.92 Å². The highest BCUT2D eigenvalue weighted by Crippen LogP contribution is 2.20. The quantitative estimate of drug-likeness (QED) is 0.434. The fraction of sp³-hybridized carbons (Fsp3) is 0.750. The highest BCUT2D eigenvalue weighted by Gasteiger charge is 2.10. The largest absolute Gasteiger partial charge is 0.303 e. The minimum absolute atomic E-state index is 0.140. The van der Waals surface area contributed by atoms with E-state index in [1.165, 1.54) is 19.3 Å². The molecule has 1 nitrogen and oxygen atoms in total. The lowest BCUT2D eigenvalue weighted by atomic mass is 9.90. The summed E-state index contributed by atoms with van der Waals surface area (Å²) in [6.07, 6.45) is 9.73. The molecule has 0 aliphatic rings. The van der Waals surface area contributed by atoms with Gasteiger partial charge in [0.25, 0.3) is 0 Å². The van der Waals surface area contributed by atoms with E-state index in [0.717, 1.165) is 18.6 Å². The molecule has 0 N–H and O–H groups in total. The normalized spacial score (nSPS) is 15.9. The van der Waals surface area contributed by atoms with Gasteiger partial charge in [-0.3, -0.25) is 0 Å². The van der Waals surface area contributed by atoms with Crippen molar-refractivity contribution in [2.24, 2.45) is 11.8 Å². The van der Waals surface area contributed by atoms with E-state index in [0.29, 0.717) is 0 Å². The van der Waals surface area contributed by atoms with E-state index in [9.17, 15) is 4.79 Å². The number of hydrogen-bond acceptors (Lipinski definition) is 1. The summed E-state index contributed by atoms with van der Waals surface area (Å²) in [5.74, 6) is 0.859. The van der Waals surface area contributed by atoms with Gasteiger partial charge in [-0.1, -0.05) is 45.3 Å². The second-order valence-corrected chi connectivity index (χ2v) is 3.62. The van der Waals surface area contributed by atoms with Crippen LogP contribution in [0, 0.1) is 11.8 Å². The Morgan fingerprint density at radius 1 is 1.31 bits per heavy atom. The van der Waals surface area contributed by atoms with Crippen molar-refractivity contribution in [3.05, 3.63) is 12.2 Å². The molecule has 0 heterocycles. The predicted octanol–water partition coefficient (Wildman–Crippen LogP) is 3.59. The molecule has 0 aromatic heterocycles. The third-order valence-electron chi connectivity index (χ3n) is 2.49. The predicted molar refractivity (Wildman–Crippen MR) is 57.7 cm³/mol. The lowest BCUT2D eigenvalue weighted by Gasteiger charge is -2.15. The highest BCUT2D eigenvalue weighted by atomic mass is 16.1. The van der Waals surface area contributed by atoms with Crippen LogP contribution in [-0.4, -0.2) is 6.29 Å². The van der Waals surface area contributed by atoms with Crippen LogP contribution in [0.15, 0.2) is 12.2 Å². The van der Waals surface area contributed by atoms with Crippen molar-refractivity contribution >= 4 is 6.29 Å². The van der Waals surface area contributed by atoms with Gasteiger partial charge in [0.15, 0.2) is 0 Å². The van der Waals surface area contributed by atoms with Gasteiger partial charge in [-0.2, -0.15) is 0 Å². The van der Waals surface area contributed by atoms with E-state index >= 15 is 0 Å². The first-order valence-corrected chi connectivity index (χ1v) is 5.36. The summed E-state index contributed by atoms with van der Waals surface area (Å²) in [6, 6.07) is 0. The third kappa shape index (κ3) is 5.62. The standard InChI is InChI=1S/C12H22O/c1-4-7-11(6-3)9-12(10-13)8-5-2/h5,8,10-12H,4,6-7,9H2,1-3H3/b8-5+. The average molecular weight is 182 g/mol. The van der Waals surface area contributed by atoms with Crippen LogP contribution in [0.2, 0.25) is 0 Å². The lowest BCUT2D eigenvalue weighted by molar-refractivity contribution is -0.110. The third-order valence-corrected chi connectivity index (χ3v) is 2.49. The maximum Gasteiger partial charge on any atom is 0.126 e. The van der Waals surface area contributed by atoms with Crippen LogP contribution >= 0.6 is 0 Å². The second-order valence-electron chi connectivity index (χ2n) is 3.62. The Kier molecular flexibility index (Phi) is 7.66. The summed E-state index contributed by atoms with van der Waals surface area (Å²) >= 11 is 0. The summed E-state index contributed by atoms with van der Waals surface area (Å²) in [5, 5.41) is 0. The lowest BCUT2D eigenvalue weighted by Crippen LogP contribution is -2.07. The monoisotopic (exact) mass is 182 g/mol. The first-order chi connectivity index (χ1) is 6.28. The van der Waals surface area contributed by atoms with Crippen LogP contribution in [0.4, 0.5) is 0 Å². The number of allylic oxidation sites excluding steroid dienone is 2. The van der Waals surface area contributed by atoms with E-state index in [4.69, 9.17) is 0 Å². The first-order valence-electron chi connectivity index (χ1n) is 5.36. The molecule has 13 heavy (non-hydrogen) atoms. The fourth-order valence-electron chi connectivity index (χ4n) is 1.71. The van der Waals surface area contributed by atoms with Gasteiger partial charge in [0.1, 0.15) is 6.29 Å². The van der Waals surface area contributed by atoms with Crippen LogP contribution in [0.5, 0.6) is 0 Å². The first kappa shape index (κ1) is 12.4. The Morgan fingerprint density at radius 3 is 2.38 bits per heavy atom. The molecule has 2 unspecified atom stereocenters. The van der Waals surface area contributed by atoms with Crippen molar-refractivity contribution in [2.45, 2.75) is 46.5 Å². The van der Waals surface area contributed by atoms with Gasteiger partial charge in [-0.05, 0) is 19.3 Å². The number of aldehydes is 1. The van der Waals surface area contributed by atoms with Gasteiger partial charge in [-0.25, -0.2) is 0 Å². The molecule has 0 aromatic carbocycles. The number of rotatable bonds is 7. The molecule has 0 fully saturated rings. The Balaban J connectivity index is 3.94. The van der Waals surface area contributed by atoms with Gasteiger partial charge in [0.05, 0.1) is 0 Å². The summed E-state index contributed by atoms with van der Waals surface area (Å²) in [6.45, 7) is 6.38. The van der Waals surface area contributed by atoms with E-state index < -0.39 is 0 Å². The molecular weight excluding hydrogens is 160 g/mol. The zero-order valence-electron chi connectivity index (χ0n) is 9.12. The van der Waals surface area contributed by atoms with E-state index in [-0.39, 0.29) is 5.92 Å². The number of carbonyl (C=O) groups excluding carboxylic acids is 1. The zero-order valence-corrected chi connectivity index (χ0v) is 9.12. The topological polar surface area (TPSA) is 17.1 Å². The van der Waals surface area contributed by atoms with E-state index in [1.807, 2.05) is 19.1 Å². The molecular formula is C12H22O. The summed E-state index contributed by atoms with van der Waals surface area (Å²) < 4.78 is 0. The zero-order chi connectivity index (χ0) is 10.1. The minimum atomic E-state index is 0.140. The Morgan fingerprint density at radius 2 is 2.00 bits per heavy atom. The Bertz CT molecular complexity index is 149. The summed E-state index contributed by atoms with van der Waals surface area (Å²) in [7, 11) is 0. The number of carbonyl (C=O) groups is 1. The molecule has 0 amide bonds. The van der Waals surface area contributed by atoms with Crippen LogP contribution in [0.25, 0.3) is 0 Å². The van der Waals surface area contributed by atoms with Crippen LogP contribution < -0.4 is 0 Å². The van der Waals surface area contributed by atoms with Crippen molar-refractivity contribution in [3.8, 4) is 0 Å². The van der Waals surface area contributed by atoms with Gasteiger partial charge < -0.3 is 4.79 Å². The highest BCUT2D eigenvalue weighted by molar-refractivity contribution is 5.56. The van der Waals surface area contributed by atoms with E-state index in [1.54, 1.807) is 0 Å². The molecule has 0 saturated heterocycles. The van der Waals surface area contributed by atoms with Gasteiger partial charge >= 0.3 is 0 Å². The Labute approximate surface area is 82.2 Å². The van der Waals surface area contributed by atoms with Crippen molar-refractivity contribution in [2.75, 3.05) is 0 Å². The smallest absolute Gasteiger partial charge is 0.126 e. The molecule has 0 radical (unpaired) electrons. The molecule has 0 rings (SSSR count). The Hall–Kier alpha value is -0.590. The summed E-state index contributed by atoms with van der Waals surface area (Å²) in [4.78, 5) is 10.7. The molecule has 76 valence electrons. The van der Waals surface area contributed by atoms with Crippen LogP contribution in [-0.2, 0) is 4.79 Å². The van der Waals surface area contributed by atoms with Crippen LogP contribution in [0.1, 0.15) is 46.5 Å². The maximum atomic E-state index is 10.7. The second kappa shape index (κ2) is 8.03. The van der Waals surface area contributed by atoms with Crippen molar-refractivity contribution in [1.82, 2.24) is 0 Å².